The lowest BCUT2D eigenvalue weighted by Gasteiger charge is -2.27. The third kappa shape index (κ3) is 2.16. The van der Waals surface area contributed by atoms with Crippen LogP contribution in [0.3, 0.4) is 0 Å². The van der Waals surface area contributed by atoms with Gasteiger partial charge in [0.1, 0.15) is 6.33 Å². The van der Waals surface area contributed by atoms with E-state index in [0.29, 0.717) is 6.04 Å². The molecule has 0 unspecified atom stereocenters. The summed E-state index contributed by atoms with van der Waals surface area (Å²) in [5.41, 5.74) is 3.51. The van der Waals surface area contributed by atoms with E-state index in [1.165, 1.54) is 36.8 Å². The first-order chi connectivity index (χ1) is 8.31. The van der Waals surface area contributed by atoms with Gasteiger partial charge in [-0.1, -0.05) is 0 Å². The molecular formula is C13H16N4. The molecular weight excluding hydrogens is 212 g/mol. The fourth-order valence-electron chi connectivity index (χ4n) is 2.14. The van der Waals surface area contributed by atoms with E-state index in [-0.39, 0.29) is 0 Å². The summed E-state index contributed by atoms with van der Waals surface area (Å²) >= 11 is 0. The molecule has 0 spiro atoms. The zero-order valence-corrected chi connectivity index (χ0v) is 9.90. The van der Waals surface area contributed by atoms with Gasteiger partial charge in [-0.3, -0.25) is 5.10 Å². The van der Waals surface area contributed by atoms with Crippen LogP contribution in [0.2, 0.25) is 0 Å². The molecule has 17 heavy (non-hydrogen) atoms. The Morgan fingerprint density at radius 1 is 1.29 bits per heavy atom. The molecule has 0 bridgehead atoms. The number of nitrogens with zero attached hydrogens (tertiary/aromatic N) is 2. The highest BCUT2D eigenvalue weighted by Crippen LogP contribution is 2.26. The van der Waals surface area contributed by atoms with Crippen LogP contribution in [0.5, 0.6) is 0 Å². The van der Waals surface area contributed by atoms with Gasteiger partial charge in [-0.2, -0.15) is 5.10 Å². The molecule has 0 radical (unpaired) electrons. The minimum absolute atomic E-state index is 0.652. The average Bonchev–Trinajstić information content (AvgIpc) is 2.76. The van der Waals surface area contributed by atoms with Crippen LogP contribution in [0.25, 0.3) is 11.4 Å². The predicted octanol–water partition coefficient (Wildman–Crippen LogP) is 2.74. The molecule has 2 N–H and O–H groups in total. The Morgan fingerprint density at radius 3 is 2.82 bits per heavy atom. The number of aryl methyl sites for hydroxylation is 1. The Kier molecular flexibility index (Phi) is 2.55. The quantitative estimate of drug-likeness (QED) is 0.849. The van der Waals surface area contributed by atoms with E-state index in [0.717, 1.165) is 11.4 Å². The molecule has 1 aromatic carbocycles. The summed E-state index contributed by atoms with van der Waals surface area (Å²) in [7, 11) is 0. The van der Waals surface area contributed by atoms with Crippen LogP contribution in [0.4, 0.5) is 5.69 Å². The van der Waals surface area contributed by atoms with Crippen LogP contribution in [-0.4, -0.2) is 21.2 Å². The van der Waals surface area contributed by atoms with Crippen LogP contribution in [-0.2, 0) is 0 Å². The Labute approximate surface area is 100 Å². The topological polar surface area (TPSA) is 53.6 Å². The molecule has 1 aromatic heterocycles. The lowest BCUT2D eigenvalue weighted by atomic mass is 9.93. The molecule has 1 fully saturated rings. The third-order valence-corrected chi connectivity index (χ3v) is 3.24. The molecule has 1 aliphatic carbocycles. The number of aromatic amines is 1. The van der Waals surface area contributed by atoms with Crippen LogP contribution in [0.15, 0.2) is 24.5 Å². The van der Waals surface area contributed by atoms with Crippen molar-refractivity contribution < 1.29 is 0 Å². The second-order valence-corrected chi connectivity index (χ2v) is 4.69. The Balaban J connectivity index is 1.89. The standard InChI is InChI=1S/C13H16N4/c1-9-5-10(13-14-8-15-17-13)7-12(6-9)16-11-3-2-4-11/h5-8,11,16H,2-4H2,1H3,(H,14,15,17). The zero-order chi connectivity index (χ0) is 11.7. The number of hydrogen-bond donors (Lipinski definition) is 2. The van der Waals surface area contributed by atoms with Gasteiger partial charge in [0.25, 0.3) is 0 Å². The Hall–Kier alpha value is -1.84. The van der Waals surface area contributed by atoms with Crippen molar-refractivity contribution in [2.75, 3.05) is 5.32 Å². The van der Waals surface area contributed by atoms with Gasteiger partial charge in [-0.15, -0.1) is 0 Å². The summed E-state index contributed by atoms with van der Waals surface area (Å²) in [4.78, 5) is 4.19. The Bertz CT molecular complexity index is 500. The van der Waals surface area contributed by atoms with E-state index in [1.807, 2.05) is 0 Å². The molecule has 0 saturated heterocycles. The largest absolute Gasteiger partial charge is 0.382 e. The van der Waals surface area contributed by atoms with Gasteiger partial charge in [0.2, 0.25) is 0 Å². The summed E-state index contributed by atoms with van der Waals surface area (Å²) in [6.07, 6.45) is 5.45. The number of hydrogen-bond acceptors (Lipinski definition) is 3. The molecule has 0 amide bonds. The van der Waals surface area contributed by atoms with Crippen LogP contribution in [0, 0.1) is 6.92 Å². The maximum absolute atomic E-state index is 4.19. The number of H-pyrrole nitrogens is 1. The predicted molar refractivity (Wildman–Crippen MR) is 67.8 cm³/mol. The molecule has 4 heteroatoms. The average molecular weight is 228 g/mol. The minimum Gasteiger partial charge on any atom is -0.382 e. The fraction of sp³-hybridized carbons (Fsp3) is 0.385. The highest BCUT2D eigenvalue weighted by atomic mass is 15.2. The number of rotatable bonds is 3. The van der Waals surface area contributed by atoms with Crippen molar-refractivity contribution >= 4 is 5.69 Å². The van der Waals surface area contributed by atoms with Gasteiger partial charge in [0.15, 0.2) is 5.82 Å². The normalized spacial score (nSPS) is 15.6. The van der Waals surface area contributed by atoms with Crippen LogP contribution >= 0.6 is 0 Å². The number of benzene rings is 1. The smallest absolute Gasteiger partial charge is 0.155 e. The van der Waals surface area contributed by atoms with Crippen molar-refractivity contribution in [1.29, 1.82) is 0 Å². The van der Waals surface area contributed by atoms with Gasteiger partial charge in [-0.25, -0.2) is 4.98 Å². The van der Waals surface area contributed by atoms with Gasteiger partial charge in [0.05, 0.1) is 0 Å². The van der Waals surface area contributed by atoms with Crippen molar-refractivity contribution in [3.8, 4) is 11.4 Å². The first-order valence-corrected chi connectivity index (χ1v) is 6.05. The van der Waals surface area contributed by atoms with Gasteiger partial charge < -0.3 is 5.32 Å². The summed E-state index contributed by atoms with van der Waals surface area (Å²) < 4.78 is 0. The number of anilines is 1. The van der Waals surface area contributed by atoms with E-state index < -0.39 is 0 Å². The molecule has 88 valence electrons. The summed E-state index contributed by atoms with van der Waals surface area (Å²) in [5, 5.41) is 10.3. The van der Waals surface area contributed by atoms with Crippen LogP contribution in [0.1, 0.15) is 24.8 Å². The van der Waals surface area contributed by atoms with E-state index in [1.54, 1.807) is 0 Å². The van der Waals surface area contributed by atoms with E-state index in [4.69, 9.17) is 0 Å². The third-order valence-electron chi connectivity index (χ3n) is 3.24. The lowest BCUT2D eigenvalue weighted by Crippen LogP contribution is -2.26. The molecule has 1 aliphatic rings. The summed E-state index contributed by atoms with van der Waals surface area (Å²) in [6.45, 7) is 2.10. The van der Waals surface area contributed by atoms with E-state index in [2.05, 4.69) is 45.6 Å². The number of aromatic nitrogens is 3. The molecule has 0 aliphatic heterocycles. The second kappa shape index (κ2) is 4.20. The van der Waals surface area contributed by atoms with Gasteiger partial charge >= 0.3 is 0 Å². The molecule has 1 saturated carbocycles. The van der Waals surface area contributed by atoms with Gasteiger partial charge in [-0.05, 0) is 49.9 Å². The fourth-order valence-corrected chi connectivity index (χ4v) is 2.14. The summed E-state index contributed by atoms with van der Waals surface area (Å²) in [5.74, 6) is 0.824. The van der Waals surface area contributed by atoms with Crippen molar-refractivity contribution in [2.24, 2.45) is 0 Å². The Morgan fingerprint density at radius 2 is 2.18 bits per heavy atom. The maximum Gasteiger partial charge on any atom is 0.155 e. The zero-order valence-electron chi connectivity index (χ0n) is 9.90. The van der Waals surface area contributed by atoms with Crippen LogP contribution < -0.4 is 5.32 Å². The molecule has 2 aromatic rings. The highest BCUT2D eigenvalue weighted by Gasteiger charge is 2.17. The minimum atomic E-state index is 0.652. The van der Waals surface area contributed by atoms with E-state index in [9.17, 15) is 0 Å². The van der Waals surface area contributed by atoms with Crippen molar-refractivity contribution in [2.45, 2.75) is 32.2 Å². The van der Waals surface area contributed by atoms with Crippen molar-refractivity contribution in [3.63, 3.8) is 0 Å². The molecule has 1 heterocycles. The van der Waals surface area contributed by atoms with Crippen molar-refractivity contribution in [3.05, 3.63) is 30.1 Å². The first-order valence-electron chi connectivity index (χ1n) is 6.05. The molecule has 0 atom stereocenters. The second-order valence-electron chi connectivity index (χ2n) is 4.69. The first kappa shape index (κ1) is 10.3. The summed E-state index contributed by atoms with van der Waals surface area (Å²) in [6, 6.07) is 7.08. The maximum atomic E-state index is 4.19. The molecule has 4 nitrogen and oxygen atoms in total. The van der Waals surface area contributed by atoms with Gasteiger partial charge in [0, 0.05) is 17.3 Å². The highest BCUT2D eigenvalue weighted by molar-refractivity contribution is 5.64. The van der Waals surface area contributed by atoms with E-state index >= 15 is 0 Å². The monoisotopic (exact) mass is 228 g/mol. The van der Waals surface area contributed by atoms with Crippen molar-refractivity contribution in [1.82, 2.24) is 15.2 Å². The number of nitrogens with one attached hydrogen (secondary N) is 2. The lowest BCUT2D eigenvalue weighted by molar-refractivity contribution is 0.445. The molecule has 3 rings (SSSR count). The SMILES string of the molecule is Cc1cc(NC2CCC2)cc(-c2ncn[nH]2)c1.